The summed E-state index contributed by atoms with van der Waals surface area (Å²) in [6, 6.07) is 11.9. The van der Waals surface area contributed by atoms with E-state index in [4.69, 9.17) is 4.42 Å². The topological polar surface area (TPSA) is 75.4 Å². The molecule has 4 rings (SSSR count). The van der Waals surface area contributed by atoms with E-state index in [1.165, 1.54) is 16.9 Å². The first-order chi connectivity index (χ1) is 15.4. The predicted octanol–water partition coefficient (Wildman–Crippen LogP) is 4.82. The zero-order chi connectivity index (χ0) is 22.7. The molecule has 1 fully saturated rings. The molecule has 0 bridgehead atoms. The molecule has 0 radical (unpaired) electrons. The maximum Gasteiger partial charge on any atom is 0.265 e. The van der Waals surface area contributed by atoms with Crippen molar-refractivity contribution in [2.45, 2.75) is 40.2 Å². The fraction of sp³-hybridized carbons (Fsp3) is 0.400. The smallest absolute Gasteiger partial charge is 0.265 e. The van der Waals surface area contributed by atoms with Gasteiger partial charge in [0.1, 0.15) is 15.6 Å². The number of amides is 2. The van der Waals surface area contributed by atoms with Crippen molar-refractivity contribution in [2.75, 3.05) is 13.1 Å². The Morgan fingerprint density at radius 3 is 2.56 bits per heavy atom. The fourth-order valence-electron chi connectivity index (χ4n) is 4.12. The molecular formula is C25H29N3O3S. The molecule has 2 aromatic heterocycles. The number of benzene rings is 1. The van der Waals surface area contributed by atoms with Crippen LogP contribution in [0.2, 0.25) is 0 Å². The Bertz CT molecular complexity index is 1060. The van der Waals surface area contributed by atoms with E-state index in [2.05, 4.69) is 29.4 Å². The van der Waals surface area contributed by atoms with Gasteiger partial charge in [-0.15, -0.1) is 11.3 Å². The minimum atomic E-state index is -0.0968. The number of rotatable bonds is 6. The van der Waals surface area contributed by atoms with Crippen molar-refractivity contribution in [1.82, 2.24) is 15.2 Å². The van der Waals surface area contributed by atoms with Gasteiger partial charge in [-0.25, -0.2) is 4.98 Å². The summed E-state index contributed by atoms with van der Waals surface area (Å²) in [6.45, 7) is 7.66. The van der Waals surface area contributed by atoms with E-state index in [0.717, 1.165) is 34.9 Å². The van der Waals surface area contributed by atoms with E-state index in [9.17, 15) is 9.59 Å². The summed E-state index contributed by atoms with van der Waals surface area (Å²) < 4.78 is 5.27. The van der Waals surface area contributed by atoms with Crippen LogP contribution in [0.5, 0.6) is 0 Å². The van der Waals surface area contributed by atoms with Gasteiger partial charge in [-0.3, -0.25) is 9.59 Å². The van der Waals surface area contributed by atoms with Crippen LogP contribution in [0.4, 0.5) is 0 Å². The van der Waals surface area contributed by atoms with Crippen LogP contribution >= 0.6 is 11.3 Å². The molecule has 3 aromatic rings. The maximum absolute atomic E-state index is 13.2. The molecule has 1 aliphatic heterocycles. The third-order valence-corrected chi connectivity index (χ3v) is 7.45. The van der Waals surface area contributed by atoms with E-state index in [-0.39, 0.29) is 23.7 Å². The summed E-state index contributed by atoms with van der Waals surface area (Å²) in [5.41, 5.74) is 3.02. The monoisotopic (exact) mass is 451 g/mol. The van der Waals surface area contributed by atoms with E-state index in [1.54, 1.807) is 6.26 Å². The molecule has 1 unspecified atom stereocenters. The van der Waals surface area contributed by atoms with Gasteiger partial charge < -0.3 is 14.6 Å². The minimum Gasteiger partial charge on any atom is -0.467 e. The molecule has 1 saturated heterocycles. The van der Waals surface area contributed by atoms with Gasteiger partial charge in [0, 0.05) is 24.6 Å². The normalized spacial score (nSPS) is 15.5. The van der Waals surface area contributed by atoms with Gasteiger partial charge in [0.15, 0.2) is 0 Å². The van der Waals surface area contributed by atoms with Crippen molar-refractivity contribution < 1.29 is 14.0 Å². The van der Waals surface area contributed by atoms with E-state index < -0.39 is 0 Å². The van der Waals surface area contributed by atoms with E-state index in [0.29, 0.717) is 24.5 Å². The molecule has 0 aliphatic carbocycles. The number of nitrogens with one attached hydrogen (secondary N) is 1. The standard InChI is InChI=1S/C25H29N3O3S/c1-16-6-8-20(9-7-16)24-27-18(3)22(32-24)25(30)28-12-10-19(11-13-28)17(2)23(29)26-15-21-5-4-14-31-21/h4-9,14,17,19H,10-13,15H2,1-3H3,(H,26,29). The minimum absolute atomic E-state index is 0.0345. The van der Waals surface area contributed by atoms with Crippen molar-refractivity contribution in [1.29, 1.82) is 0 Å². The third-order valence-electron chi connectivity index (χ3n) is 6.25. The number of hydrogen-bond acceptors (Lipinski definition) is 5. The average Bonchev–Trinajstić information content (AvgIpc) is 3.47. The second-order valence-electron chi connectivity index (χ2n) is 8.52. The Kier molecular flexibility index (Phi) is 6.74. The van der Waals surface area contributed by atoms with Crippen LogP contribution in [0.3, 0.4) is 0 Å². The fourth-order valence-corrected chi connectivity index (χ4v) is 5.16. The van der Waals surface area contributed by atoms with Crippen LogP contribution in [-0.2, 0) is 11.3 Å². The van der Waals surface area contributed by atoms with Gasteiger partial charge in [-0.05, 0) is 44.7 Å². The highest BCUT2D eigenvalue weighted by Gasteiger charge is 2.31. The summed E-state index contributed by atoms with van der Waals surface area (Å²) in [4.78, 5) is 33.0. The van der Waals surface area contributed by atoms with Crippen LogP contribution in [0.25, 0.3) is 10.6 Å². The molecule has 3 heterocycles. The van der Waals surface area contributed by atoms with Crippen molar-refractivity contribution in [3.8, 4) is 10.6 Å². The summed E-state index contributed by atoms with van der Waals surface area (Å²) in [5, 5.41) is 3.83. The molecule has 7 heteroatoms. The molecule has 0 saturated carbocycles. The van der Waals surface area contributed by atoms with Crippen molar-refractivity contribution >= 4 is 23.2 Å². The Hall–Kier alpha value is -2.93. The van der Waals surface area contributed by atoms with Crippen molar-refractivity contribution in [3.63, 3.8) is 0 Å². The lowest BCUT2D eigenvalue weighted by Gasteiger charge is -2.34. The molecule has 1 aromatic carbocycles. The number of carbonyl (C=O) groups excluding carboxylic acids is 2. The zero-order valence-electron chi connectivity index (χ0n) is 18.8. The van der Waals surface area contributed by atoms with E-state index in [1.807, 2.05) is 43.0 Å². The Balaban J connectivity index is 1.33. The Morgan fingerprint density at radius 2 is 1.91 bits per heavy atom. The molecule has 0 spiro atoms. The Morgan fingerprint density at radius 1 is 1.19 bits per heavy atom. The summed E-state index contributed by atoms with van der Waals surface area (Å²) >= 11 is 1.46. The SMILES string of the molecule is Cc1ccc(-c2nc(C)c(C(=O)N3CCC(C(C)C(=O)NCc4ccco4)CC3)s2)cc1. The number of hydrogen-bond donors (Lipinski definition) is 1. The summed E-state index contributed by atoms with van der Waals surface area (Å²) in [7, 11) is 0. The van der Waals surface area contributed by atoms with Crippen LogP contribution in [0.1, 0.15) is 46.5 Å². The van der Waals surface area contributed by atoms with E-state index >= 15 is 0 Å². The largest absolute Gasteiger partial charge is 0.467 e. The number of thiazole rings is 1. The molecule has 1 aliphatic rings. The van der Waals surface area contributed by atoms with Crippen LogP contribution < -0.4 is 5.32 Å². The lowest BCUT2D eigenvalue weighted by atomic mass is 9.85. The molecule has 2 amide bonds. The first-order valence-electron chi connectivity index (χ1n) is 11.1. The van der Waals surface area contributed by atoms with Gasteiger partial charge in [0.2, 0.25) is 5.91 Å². The number of furan rings is 1. The molecule has 6 nitrogen and oxygen atoms in total. The van der Waals surface area contributed by atoms with Crippen LogP contribution in [-0.4, -0.2) is 34.8 Å². The summed E-state index contributed by atoms with van der Waals surface area (Å²) in [6.07, 6.45) is 3.25. The number of aromatic nitrogens is 1. The lowest BCUT2D eigenvalue weighted by Crippen LogP contribution is -2.42. The lowest BCUT2D eigenvalue weighted by molar-refractivity contribution is -0.126. The Labute approximate surface area is 192 Å². The number of aryl methyl sites for hydroxylation is 2. The average molecular weight is 452 g/mol. The second kappa shape index (κ2) is 9.69. The molecule has 1 atom stereocenters. The van der Waals surface area contributed by atoms with Crippen molar-refractivity contribution in [3.05, 3.63) is 64.6 Å². The van der Waals surface area contributed by atoms with Crippen LogP contribution in [0.15, 0.2) is 47.1 Å². The highest BCUT2D eigenvalue weighted by atomic mass is 32.1. The molecule has 32 heavy (non-hydrogen) atoms. The highest BCUT2D eigenvalue weighted by Crippen LogP contribution is 2.31. The number of piperidine rings is 1. The molecular weight excluding hydrogens is 422 g/mol. The maximum atomic E-state index is 13.2. The van der Waals surface area contributed by atoms with Gasteiger partial charge in [-0.2, -0.15) is 0 Å². The number of likely N-dealkylation sites (tertiary alicyclic amines) is 1. The highest BCUT2D eigenvalue weighted by molar-refractivity contribution is 7.17. The summed E-state index contributed by atoms with van der Waals surface area (Å²) in [5.74, 6) is 0.997. The van der Waals surface area contributed by atoms with Gasteiger partial charge in [0.25, 0.3) is 5.91 Å². The third kappa shape index (κ3) is 4.93. The first kappa shape index (κ1) is 22.3. The zero-order valence-corrected chi connectivity index (χ0v) is 19.6. The molecule has 168 valence electrons. The van der Waals surface area contributed by atoms with Gasteiger partial charge in [-0.1, -0.05) is 36.8 Å². The van der Waals surface area contributed by atoms with Crippen LogP contribution in [0, 0.1) is 25.7 Å². The predicted molar refractivity (Wildman–Crippen MR) is 125 cm³/mol. The number of nitrogens with zero attached hydrogens (tertiary/aromatic N) is 2. The number of carbonyl (C=O) groups is 2. The van der Waals surface area contributed by atoms with Gasteiger partial charge >= 0.3 is 0 Å². The van der Waals surface area contributed by atoms with Gasteiger partial charge in [0.05, 0.1) is 18.5 Å². The second-order valence-corrected chi connectivity index (χ2v) is 9.51. The van der Waals surface area contributed by atoms with Crippen molar-refractivity contribution in [2.24, 2.45) is 11.8 Å². The first-order valence-corrected chi connectivity index (χ1v) is 11.9. The molecule has 1 N–H and O–H groups in total. The quantitative estimate of drug-likeness (QED) is 0.583.